The molecule has 0 radical (unpaired) electrons. The van der Waals surface area contributed by atoms with Gasteiger partial charge >= 0.3 is 6.09 Å². The third kappa shape index (κ3) is 2.72. The largest absolute Gasteiger partial charge is 0.444 e. The van der Waals surface area contributed by atoms with Crippen molar-refractivity contribution >= 4 is 11.9 Å². The molecule has 4 heteroatoms. The highest BCUT2D eigenvalue weighted by Crippen LogP contribution is 2.42. The minimum absolute atomic E-state index is 0.0323. The van der Waals surface area contributed by atoms with E-state index < -0.39 is 5.60 Å². The topological polar surface area (TPSA) is 46.6 Å². The van der Waals surface area contributed by atoms with Gasteiger partial charge in [-0.1, -0.05) is 5.57 Å². The van der Waals surface area contributed by atoms with Crippen LogP contribution in [-0.4, -0.2) is 34.5 Å². The summed E-state index contributed by atoms with van der Waals surface area (Å²) in [5.41, 5.74) is 1.77. The predicted octanol–water partition coefficient (Wildman–Crippen LogP) is 3.60. The second-order valence-corrected chi connectivity index (χ2v) is 7.47. The molecule has 3 aliphatic rings. The Kier molecular flexibility index (Phi) is 3.58. The van der Waals surface area contributed by atoms with Crippen molar-refractivity contribution in [1.82, 2.24) is 4.90 Å². The van der Waals surface area contributed by atoms with E-state index in [0.29, 0.717) is 6.42 Å². The van der Waals surface area contributed by atoms with Crippen LogP contribution >= 0.6 is 0 Å². The minimum Gasteiger partial charge on any atom is -0.444 e. The number of nitrogens with zero attached hydrogens (tertiary/aromatic N) is 1. The smallest absolute Gasteiger partial charge is 0.411 e. The quantitative estimate of drug-likeness (QED) is 0.685. The lowest BCUT2D eigenvalue weighted by Gasteiger charge is -2.32. The summed E-state index contributed by atoms with van der Waals surface area (Å²) in [6.45, 7) is 5.67. The van der Waals surface area contributed by atoms with E-state index in [2.05, 4.69) is 0 Å². The molecule has 116 valence electrons. The summed E-state index contributed by atoms with van der Waals surface area (Å²) in [7, 11) is 0. The molecule has 3 rings (SSSR count). The molecule has 0 N–H and O–H groups in total. The maximum Gasteiger partial charge on any atom is 0.411 e. The Bertz CT molecular complexity index is 501. The van der Waals surface area contributed by atoms with E-state index in [1.165, 1.54) is 5.57 Å². The van der Waals surface area contributed by atoms with Crippen molar-refractivity contribution < 1.29 is 14.3 Å². The number of fused-ring (bicyclic) bond motifs is 3. The Hall–Kier alpha value is -1.32. The van der Waals surface area contributed by atoms with Crippen molar-refractivity contribution in [3.05, 3.63) is 11.1 Å². The Balaban J connectivity index is 1.91. The normalized spacial score (nSPS) is 29.3. The molecule has 0 aromatic rings. The van der Waals surface area contributed by atoms with Crippen LogP contribution in [0.5, 0.6) is 0 Å². The van der Waals surface area contributed by atoms with Crippen LogP contribution in [0.3, 0.4) is 0 Å². The number of hydrogen-bond donors (Lipinski definition) is 0. The summed E-state index contributed by atoms with van der Waals surface area (Å²) < 4.78 is 5.58. The predicted molar refractivity (Wildman–Crippen MR) is 80.0 cm³/mol. The Morgan fingerprint density at radius 2 is 1.90 bits per heavy atom. The van der Waals surface area contributed by atoms with Gasteiger partial charge in [-0.2, -0.15) is 0 Å². The Morgan fingerprint density at radius 3 is 2.62 bits per heavy atom. The fourth-order valence-corrected chi connectivity index (χ4v) is 3.99. The molecule has 2 bridgehead atoms. The molecule has 2 heterocycles. The third-order valence-corrected chi connectivity index (χ3v) is 4.78. The van der Waals surface area contributed by atoms with Gasteiger partial charge < -0.3 is 4.74 Å². The Morgan fingerprint density at radius 1 is 1.14 bits per heavy atom. The third-order valence-electron chi connectivity index (χ3n) is 4.78. The molecule has 4 nitrogen and oxygen atoms in total. The van der Waals surface area contributed by atoms with E-state index in [1.807, 2.05) is 25.7 Å². The summed E-state index contributed by atoms with van der Waals surface area (Å²) in [6, 6.07) is 0.207. The van der Waals surface area contributed by atoms with Crippen molar-refractivity contribution in [3.63, 3.8) is 0 Å². The summed E-state index contributed by atoms with van der Waals surface area (Å²) in [6.07, 6.45) is 6.25. The van der Waals surface area contributed by atoms with Crippen LogP contribution in [0.2, 0.25) is 0 Å². The van der Waals surface area contributed by atoms with Crippen LogP contribution in [0.1, 0.15) is 65.7 Å². The molecule has 0 unspecified atom stereocenters. The van der Waals surface area contributed by atoms with Gasteiger partial charge in [0.25, 0.3) is 0 Å². The minimum atomic E-state index is -0.489. The zero-order valence-corrected chi connectivity index (χ0v) is 13.3. The zero-order chi connectivity index (χ0) is 15.2. The number of amides is 1. The molecule has 1 fully saturated rings. The number of rotatable bonds is 0. The molecule has 21 heavy (non-hydrogen) atoms. The van der Waals surface area contributed by atoms with E-state index in [4.69, 9.17) is 4.74 Å². The lowest BCUT2D eigenvalue weighted by molar-refractivity contribution is -0.116. The summed E-state index contributed by atoms with van der Waals surface area (Å²) in [5.74, 6) is 0.261. The zero-order valence-electron chi connectivity index (χ0n) is 13.3. The van der Waals surface area contributed by atoms with E-state index in [1.54, 1.807) is 0 Å². The fraction of sp³-hybridized carbons (Fsp3) is 0.765. The van der Waals surface area contributed by atoms with Crippen LogP contribution in [-0.2, 0) is 9.53 Å². The molecule has 0 spiro atoms. The molecule has 2 atom stereocenters. The lowest BCUT2D eigenvalue weighted by Crippen LogP contribution is -2.45. The standard InChI is InChI=1S/C17H25NO3/c1-17(2,3)21-16(20)18-12-8-7-11-5-4-6-14(19)15(11)13(18)10-9-12/h12-13H,4-10H2,1-3H3/t12-,13-/m1/s1. The molecule has 0 saturated carbocycles. The molecule has 2 aliphatic heterocycles. The highest BCUT2D eigenvalue weighted by atomic mass is 16.6. The molecule has 1 saturated heterocycles. The van der Waals surface area contributed by atoms with E-state index in [9.17, 15) is 9.59 Å². The van der Waals surface area contributed by atoms with Gasteiger partial charge in [0, 0.05) is 18.0 Å². The van der Waals surface area contributed by atoms with Gasteiger partial charge in [-0.15, -0.1) is 0 Å². The average molecular weight is 291 g/mol. The first-order chi connectivity index (χ1) is 9.87. The second-order valence-electron chi connectivity index (χ2n) is 7.47. The van der Waals surface area contributed by atoms with Crippen molar-refractivity contribution in [2.24, 2.45) is 0 Å². The number of ketones is 1. The maximum atomic E-state index is 12.6. The summed E-state index contributed by atoms with van der Waals surface area (Å²) in [4.78, 5) is 26.8. The number of Topliss-reactive ketones (excluding diaryl/α,β-unsaturated/α-hetero) is 1. The summed E-state index contributed by atoms with van der Waals surface area (Å²) in [5, 5.41) is 0. The molecule has 1 aliphatic carbocycles. The van der Waals surface area contributed by atoms with Gasteiger partial charge in [0.1, 0.15) is 5.60 Å². The molecule has 1 amide bonds. The molecular formula is C17H25NO3. The van der Waals surface area contributed by atoms with Crippen LogP contribution in [0.15, 0.2) is 11.1 Å². The second kappa shape index (κ2) is 5.15. The van der Waals surface area contributed by atoms with Gasteiger partial charge in [0.15, 0.2) is 5.78 Å². The van der Waals surface area contributed by atoms with Crippen LogP contribution in [0.25, 0.3) is 0 Å². The Labute approximate surface area is 126 Å². The number of ether oxygens (including phenoxy) is 1. The van der Waals surface area contributed by atoms with E-state index in [-0.39, 0.29) is 24.0 Å². The van der Waals surface area contributed by atoms with Crippen molar-refractivity contribution in [3.8, 4) is 0 Å². The fourth-order valence-electron chi connectivity index (χ4n) is 3.99. The monoisotopic (exact) mass is 291 g/mol. The first-order valence-corrected chi connectivity index (χ1v) is 8.13. The van der Waals surface area contributed by atoms with Crippen LogP contribution < -0.4 is 0 Å². The highest BCUT2D eigenvalue weighted by molar-refractivity contribution is 5.98. The number of carbonyl (C=O) groups excluding carboxylic acids is 2. The highest BCUT2D eigenvalue weighted by Gasteiger charge is 2.45. The average Bonchev–Trinajstić information content (AvgIpc) is 2.68. The van der Waals surface area contributed by atoms with Crippen LogP contribution in [0, 0.1) is 0 Å². The number of allylic oxidation sites excluding steroid dienone is 1. The van der Waals surface area contributed by atoms with E-state index >= 15 is 0 Å². The first-order valence-electron chi connectivity index (χ1n) is 8.13. The van der Waals surface area contributed by atoms with Crippen molar-refractivity contribution in [2.75, 3.05) is 0 Å². The van der Waals surface area contributed by atoms with Gasteiger partial charge in [0.2, 0.25) is 0 Å². The molecule has 0 aromatic carbocycles. The summed E-state index contributed by atoms with van der Waals surface area (Å²) >= 11 is 0. The molecule has 0 aromatic heterocycles. The first kappa shape index (κ1) is 14.6. The van der Waals surface area contributed by atoms with Gasteiger partial charge in [-0.25, -0.2) is 4.79 Å². The van der Waals surface area contributed by atoms with Crippen LogP contribution in [0.4, 0.5) is 4.79 Å². The SMILES string of the molecule is CC(C)(C)OC(=O)N1[C@@H]2CCC3=C(C(=O)CCC3)[C@H]1CC2. The van der Waals surface area contributed by atoms with Crippen molar-refractivity contribution in [1.29, 1.82) is 0 Å². The van der Waals surface area contributed by atoms with Gasteiger partial charge in [0.05, 0.1) is 6.04 Å². The number of carbonyl (C=O) groups is 2. The van der Waals surface area contributed by atoms with Gasteiger partial charge in [-0.05, 0) is 59.3 Å². The number of hydrogen-bond acceptors (Lipinski definition) is 3. The lowest BCUT2D eigenvalue weighted by atomic mass is 9.83. The van der Waals surface area contributed by atoms with E-state index in [0.717, 1.165) is 44.1 Å². The molecular weight excluding hydrogens is 266 g/mol. The van der Waals surface area contributed by atoms with Crippen molar-refractivity contribution in [2.45, 2.75) is 83.4 Å². The maximum absolute atomic E-state index is 12.6. The van der Waals surface area contributed by atoms with Gasteiger partial charge in [-0.3, -0.25) is 9.69 Å².